The lowest BCUT2D eigenvalue weighted by molar-refractivity contribution is 0.0750. The number of nitrogens with zero attached hydrogens (tertiary/aromatic N) is 4. The number of piperazine rings is 1. The van der Waals surface area contributed by atoms with E-state index in [1.165, 1.54) is 11.3 Å². The van der Waals surface area contributed by atoms with Crippen LogP contribution in [0.5, 0.6) is 0 Å². The highest BCUT2D eigenvalue weighted by atomic mass is 35.5. The van der Waals surface area contributed by atoms with Crippen LogP contribution in [0.1, 0.15) is 15.4 Å². The number of pyridine rings is 1. The molecule has 0 aliphatic carbocycles. The van der Waals surface area contributed by atoms with Crippen LogP contribution >= 0.6 is 34.3 Å². The van der Waals surface area contributed by atoms with Crippen LogP contribution in [0.2, 0.25) is 5.15 Å². The number of carbonyl (C=O) groups is 1. The van der Waals surface area contributed by atoms with Crippen molar-refractivity contribution >= 4 is 46.0 Å². The molecule has 8 heteroatoms. The number of amides is 1. The third-order valence-corrected chi connectivity index (χ3v) is 6.44. The Balaban J connectivity index is 1.45. The SMILES string of the molecule is Cc1nc(-c2ccsc2)sc1C(=O)N1CCN(c2cccc(Cl)n2)CC1. The van der Waals surface area contributed by atoms with E-state index in [0.29, 0.717) is 18.2 Å². The highest BCUT2D eigenvalue weighted by molar-refractivity contribution is 7.17. The molecular weight excluding hydrogens is 388 g/mol. The summed E-state index contributed by atoms with van der Waals surface area (Å²) in [5, 5.41) is 5.48. The normalized spacial score (nSPS) is 14.7. The number of anilines is 1. The number of thiazole rings is 1. The summed E-state index contributed by atoms with van der Waals surface area (Å²) < 4.78 is 0. The summed E-state index contributed by atoms with van der Waals surface area (Å²) in [6, 6.07) is 7.65. The summed E-state index contributed by atoms with van der Waals surface area (Å²) in [4.78, 5) is 26.7. The number of hydrogen-bond donors (Lipinski definition) is 0. The summed E-state index contributed by atoms with van der Waals surface area (Å²) >= 11 is 9.09. The highest BCUT2D eigenvalue weighted by Crippen LogP contribution is 2.30. The lowest BCUT2D eigenvalue weighted by Crippen LogP contribution is -2.49. The Kier molecular flexibility index (Phi) is 4.93. The first-order valence-electron chi connectivity index (χ1n) is 8.28. The molecule has 0 unspecified atom stereocenters. The molecule has 0 saturated carbocycles. The molecule has 0 atom stereocenters. The molecule has 0 bridgehead atoms. The van der Waals surface area contributed by atoms with E-state index in [4.69, 9.17) is 11.6 Å². The van der Waals surface area contributed by atoms with Crippen LogP contribution in [0, 0.1) is 6.92 Å². The lowest BCUT2D eigenvalue weighted by atomic mass is 10.2. The zero-order valence-corrected chi connectivity index (χ0v) is 16.6. The fourth-order valence-electron chi connectivity index (χ4n) is 2.96. The van der Waals surface area contributed by atoms with Crippen LogP contribution in [0.3, 0.4) is 0 Å². The molecule has 0 spiro atoms. The Morgan fingerprint density at radius 3 is 2.65 bits per heavy atom. The van der Waals surface area contributed by atoms with E-state index in [1.807, 2.05) is 35.4 Å². The molecule has 1 amide bonds. The number of rotatable bonds is 3. The maximum atomic E-state index is 12.9. The Morgan fingerprint density at radius 2 is 1.96 bits per heavy atom. The quantitative estimate of drug-likeness (QED) is 0.614. The van der Waals surface area contributed by atoms with Gasteiger partial charge in [-0.25, -0.2) is 9.97 Å². The average molecular weight is 405 g/mol. The van der Waals surface area contributed by atoms with Crippen molar-refractivity contribution in [1.82, 2.24) is 14.9 Å². The van der Waals surface area contributed by atoms with Gasteiger partial charge in [-0.2, -0.15) is 11.3 Å². The second kappa shape index (κ2) is 7.34. The predicted octanol–water partition coefficient (Wildman–Crippen LogP) is 4.19. The number of carbonyl (C=O) groups excluding carboxylic acids is 1. The number of aromatic nitrogens is 2. The topological polar surface area (TPSA) is 49.3 Å². The van der Waals surface area contributed by atoms with Gasteiger partial charge >= 0.3 is 0 Å². The van der Waals surface area contributed by atoms with Crippen molar-refractivity contribution in [3.05, 3.63) is 50.7 Å². The molecular formula is C18H17ClN4OS2. The Hall–Kier alpha value is -1.96. The molecule has 26 heavy (non-hydrogen) atoms. The standard InChI is InChI=1S/C18H17ClN4OS2/c1-12-16(26-17(20-12)13-5-10-25-11-13)18(24)23-8-6-22(7-9-23)15-4-2-3-14(19)21-15/h2-5,10-11H,6-9H2,1H3. The van der Waals surface area contributed by atoms with Crippen molar-refractivity contribution < 1.29 is 4.79 Å². The van der Waals surface area contributed by atoms with Gasteiger partial charge in [0, 0.05) is 37.1 Å². The molecule has 5 nitrogen and oxygen atoms in total. The van der Waals surface area contributed by atoms with E-state index in [9.17, 15) is 4.79 Å². The average Bonchev–Trinajstić information content (AvgIpc) is 3.31. The summed E-state index contributed by atoms with van der Waals surface area (Å²) in [7, 11) is 0. The van der Waals surface area contributed by atoms with Crippen molar-refractivity contribution in [3.63, 3.8) is 0 Å². The fraction of sp³-hybridized carbons (Fsp3) is 0.278. The van der Waals surface area contributed by atoms with Gasteiger partial charge in [0.15, 0.2) is 0 Å². The Morgan fingerprint density at radius 1 is 1.15 bits per heavy atom. The van der Waals surface area contributed by atoms with Gasteiger partial charge in [-0.05, 0) is 30.5 Å². The van der Waals surface area contributed by atoms with Crippen molar-refractivity contribution in [3.8, 4) is 10.6 Å². The first kappa shape index (κ1) is 17.5. The van der Waals surface area contributed by atoms with E-state index < -0.39 is 0 Å². The summed E-state index contributed by atoms with van der Waals surface area (Å²) in [6.45, 7) is 4.73. The van der Waals surface area contributed by atoms with E-state index >= 15 is 0 Å². The Bertz CT molecular complexity index is 917. The molecule has 4 rings (SSSR count). The number of hydrogen-bond acceptors (Lipinski definition) is 6. The van der Waals surface area contributed by atoms with Crippen LogP contribution in [0.15, 0.2) is 35.0 Å². The van der Waals surface area contributed by atoms with Crippen molar-refractivity contribution in [2.45, 2.75) is 6.92 Å². The van der Waals surface area contributed by atoms with Gasteiger partial charge in [0.25, 0.3) is 5.91 Å². The molecule has 0 N–H and O–H groups in total. The van der Waals surface area contributed by atoms with Gasteiger partial charge in [-0.3, -0.25) is 4.79 Å². The first-order chi connectivity index (χ1) is 12.6. The molecule has 3 aromatic rings. The fourth-order valence-corrected chi connectivity index (χ4v) is 4.87. The van der Waals surface area contributed by atoms with Gasteiger partial charge in [0.2, 0.25) is 0 Å². The van der Waals surface area contributed by atoms with Crippen molar-refractivity contribution in [2.24, 2.45) is 0 Å². The first-order valence-corrected chi connectivity index (χ1v) is 10.4. The van der Waals surface area contributed by atoms with Crippen LogP contribution < -0.4 is 4.90 Å². The molecule has 4 heterocycles. The largest absolute Gasteiger partial charge is 0.353 e. The van der Waals surface area contributed by atoms with Crippen LogP contribution in [-0.4, -0.2) is 47.0 Å². The van der Waals surface area contributed by atoms with Gasteiger partial charge < -0.3 is 9.80 Å². The number of thiophene rings is 1. The Labute approximate surface area is 164 Å². The van der Waals surface area contributed by atoms with Crippen LogP contribution in [-0.2, 0) is 0 Å². The molecule has 1 saturated heterocycles. The highest BCUT2D eigenvalue weighted by Gasteiger charge is 2.26. The molecule has 1 fully saturated rings. The third kappa shape index (κ3) is 3.47. The maximum Gasteiger partial charge on any atom is 0.265 e. The summed E-state index contributed by atoms with van der Waals surface area (Å²) in [5.74, 6) is 0.929. The number of aryl methyl sites for hydroxylation is 1. The minimum atomic E-state index is 0.0696. The van der Waals surface area contributed by atoms with Crippen LogP contribution in [0.25, 0.3) is 10.6 Å². The van der Waals surface area contributed by atoms with E-state index in [2.05, 4.69) is 20.2 Å². The van der Waals surface area contributed by atoms with Gasteiger partial charge in [-0.1, -0.05) is 17.7 Å². The maximum absolute atomic E-state index is 12.9. The smallest absolute Gasteiger partial charge is 0.265 e. The molecule has 1 aliphatic heterocycles. The van der Waals surface area contributed by atoms with E-state index in [1.54, 1.807) is 17.4 Å². The second-order valence-corrected chi connectivity index (χ2v) is 8.21. The molecule has 1 aliphatic rings. The van der Waals surface area contributed by atoms with Gasteiger partial charge in [-0.15, -0.1) is 11.3 Å². The van der Waals surface area contributed by atoms with Gasteiger partial charge in [0.05, 0.1) is 5.69 Å². The van der Waals surface area contributed by atoms with E-state index in [-0.39, 0.29) is 5.91 Å². The zero-order valence-electron chi connectivity index (χ0n) is 14.2. The molecule has 0 radical (unpaired) electrons. The minimum Gasteiger partial charge on any atom is -0.353 e. The van der Waals surface area contributed by atoms with Crippen molar-refractivity contribution in [1.29, 1.82) is 0 Å². The summed E-state index contributed by atoms with van der Waals surface area (Å²) in [5.41, 5.74) is 1.89. The molecule has 0 aromatic carbocycles. The van der Waals surface area contributed by atoms with Crippen molar-refractivity contribution in [2.75, 3.05) is 31.1 Å². The van der Waals surface area contributed by atoms with Crippen LogP contribution in [0.4, 0.5) is 5.82 Å². The van der Waals surface area contributed by atoms with E-state index in [0.717, 1.165) is 40.0 Å². The minimum absolute atomic E-state index is 0.0696. The third-order valence-electron chi connectivity index (χ3n) is 4.35. The molecule has 3 aromatic heterocycles. The molecule has 134 valence electrons. The second-order valence-electron chi connectivity index (χ2n) is 6.04. The number of halogens is 1. The van der Waals surface area contributed by atoms with Gasteiger partial charge in [0.1, 0.15) is 20.9 Å². The summed E-state index contributed by atoms with van der Waals surface area (Å²) in [6.07, 6.45) is 0. The zero-order chi connectivity index (χ0) is 18.1. The lowest BCUT2D eigenvalue weighted by Gasteiger charge is -2.35. The monoisotopic (exact) mass is 404 g/mol. The predicted molar refractivity (Wildman–Crippen MR) is 108 cm³/mol.